The molecule has 17 heavy (non-hydrogen) atoms. The highest BCUT2D eigenvalue weighted by Crippen LogP contribution is 2.61. The molecule has 4 aliphatic rings. The fourth-order valence-corrected chi connectivity index (χ4v) is 5.04. The summed E-state index contributed by atoms with van der Waals surface area (Å²) in [6, 6.07) is 0. The van der Waals surface area contributed by atoms with Crippen LogP contribution in [0.5, 0.6) is 0 Å². The third-order valence-corrected chi connectivity index (χ3v) is 5.17. The van der Waals surface area contributed by atoms with Gasteiger partial charge < -0.3 is 9.84 Å². The van der Waals surface area contributed by atoms with Gasteiger partial charge in [0.05, 0.1) is 0 Å². The van der Waals surface area contributed by atoms with Gasteiger partial charge in [0.2, 0.25) is 0 Å². The van der Waals surface area contributed by atoms with Crippen LogP contribution in [-0.2, 0) is 9.53 Å². The van der Waals surface area contributed by atoms with E-state index in [-0.39, 0.29) is 6.61 Å². The van der Waals surface area contributed by atoms with Gasteiger partial charge in [0.25, 0.3) is 0 Å². The van der Waals surface area contributed by atoms with Gasteiger partial charge in [0, 0.05) is 6.61 Å². The number of aliphatic carboxylic acids is 1. The van der Waals surface area contributed by atoms with E-state index >= 15 is 0 Å². The first kappa shape index (κ1) is 11.5. The first-order chi connectivity index (χ1) is 8.15. The minimum Gasteiger partial charge on any atom is -0.480 e. The zero-order valence-corrected chi connectivity index (χ0v) is 10.4. The summed E-state index contributed by atoms with van der Waals surface area (Å²) in [5.41, 5.74) is 0.521. The van der Waals surface area contributed by atoms with E-state index in [4.69, 9.17) is 9.84 Å². The van der Waals surface area contributed by atoms with E-state index in [1.165, 1.54) is 38.5 Å². The predicted molar refractivity (Wildman–Crippen MR) is 63.7 cm³/mol. The number of carboxylic acid groups (broad SMARTS) is 1. The van der Waals surface area contributed by atoms with Gasteiger partial charge in [-0.25, -0.2) is 4.79 Å². The Bertz CT molecular complexity index is 275. The van der Waals surface area contributed by atoms with Gasteiger partial charge in [-0.1, -0.05) is 0 Å². The molecule has 0 unspecified atom stereocenters. The normalized spacial score (nSPS) is 42.9. The molecule has 0 spiro atoms. The molecule has 96 valence electrons. The van der Waals surface area contributed by atoms with Crippen LogP contribution in [0, 0.1) is 23.2 Å². The van der Waals surface area contributed by atoms with Crippen molar-refractivity contribution in [2.75, 3.05) is 13.2 Å². The maximum absolute atomic E-state index is 10.4. The largest absolute Gasteiger partial charge is 0.480 e. The molecule has 0 radical (unpaired) electrons. The van der Waals surface area contributed by atoms with Crippen LogP contribution in [0.3, 0.4) is 0 Å². The second-order valence-corrected chi connectivity index (χ2v) is 6.61. The summed E-state index contributed by atoms with van der Waals surface area (Å²) in [6.45, 7) is 0.505. The molecule has 4 fully saturated rings. The Hall–Kier alpha value is -0.570. The summed E-state index contributed by atoms with van der Waals surface area (Å²) in [6.07, 6.45) is 9.64. The molecule has 0 amide bonds. The third kappa shape index (κ3) is 2.35. The van der Waals surface area contributed by atoms with Crippen molar-refractivity contribution in [2.24, 2.45) is 23.2 Å². The van der Waals surface area contributed by atoms with E-state index in [1.807, 2.05) is 0 Å². The van der Waals surface area contributed by atoms with Gasteiger partial charge >= 0.3 is 5.97 Å². The van der Waals surface area contributed by atoms with Crippen LogP contribution in [0.15, 0.2) is 0 Å². The van der Waals surface area contributed by atoms with E-state index in [2.05, 4.69) is 0 Å². The number of carboxylic acids is 1. The van der Waals surface area contributed by atoms with Crippen molar-refractivity contribution >= 4 is 5.97 Å². The molecule has 4 bridgehead atoms. The Morgan fingerprint density at radius 3 is 2.12 bits per heavy atom. The van der Waals surface area contributed by atoms with Crippen molar-refractivity contribution in [2.45, 2.75) is 44.9 Å². The summed E-state index contributed by atoms with van der Waals surface area (Å²) in [7, 11) is 0. The molecule has 3 heteroatoms. The third-order valence-electron chi connectivity index (χ3n) is 5.17. The van der Waals surface area contributed by atoms with E-state index in [9.17, 15) is 4.79 Å². The zero-order chi connectivity index (χ0) is 11.9. The second kappa shape index (κ2) is 4.27. The highest BCUT2D eigenvalue weighted by Gasteiger charge is 2.50. The Labute approximate surface area is 103 Å². The summed E-state index contributed by atoms with van der Waals surface area (Å²) in [5.74, 6) is 2.07. The predicted octanol–water partition coefficient (Wildman–Crippen LogP) is 2.69. The zero-order valence-electron chi connectivity index (χ0n) is 10.4. The lowest BCUT2D eigenvalue weighted by Crippen LogP contribution is -2.46. The Morgan fingerprint density at radius 2 is 1.65 bits per heavy atom. The number of hydrogen-bond acceptors (Lipinski definition) is 2. The van der Waals surface area contributed by atoms with Crippen LogP contribution in [0.25, 0.3) is 0 Å². The van der Waals surface area contributed by atoms with Crippen molar-refractivity contribution in [1.29, 1.82) is 0 Å². The van der Waals surface area contributed by atoms with Crippen LogP contribution < -0.4 is 0 Å². The van der Waals surface area contributed by atoms with Crippen molar-refractivity contribution in [3.05, 3.63) is 0 Å². The first-order valence-corrected chi connectivity index (χ1v) is 6.95. The molecule has 0 aromatic heterocycles. The van der Waals surface area contributed by atoms with Crippen LogP contribution >= 0.6 is 0 Å². The molecule has 4 rings (SSSR count). The van der Waals surface area contributed by atoms with Gasteiger partial charge in [-0.2, -0.15) is 0 Å². The summed E-state index contributed by atoms with van der Waals surface area (Å²) < 4.78 is 5.23. The molecule has 3 nitrogen and oxygen atoms in total. The van der Waals surface area contributed by atoms with Crippen LogP contribution in [0.4, 0.5) is 0 Å². The fourth-order valence-electron chi connectivity index (χ4n) is 5.04. The molecule has 0 heterocycles. The highest BCUT2D eigenvalue weighted by atomic mass is 16.5. The van der Waals surface area contributed by atoms with Crippen LogP contribution in [0.2, 0.25) is 0 Å². The molecule has 0 saturated heterocycles. The average Bonchev–Trinajstić information content (AvgIpc) is 2.22. The van der Waals surface area contributed by atoms with E-state index < -0.39 is 5.97 Å². The molecule has 0 atom stereocenters. The number of carbonyl (C=O) groups is 1. The van der Waals surface area contributed by atoms with E-state index in [0.29, 0.717) is 12.0 Å². The van der Waals surface area contributed by atoms with Gasteiger partial charge in [-0.05, 0) is 68.1 Å². The van der Waals surface area contributed by atoms with Crippen molar-refractivity contribution in [3.63, 3.8) is 0 Å². The molecule has 0 aliphatic heterocycles. The molecule has 0 aromatic carbocycles. The molecular weight excluding hydrogens is 216 g/mol. The topological polar surface area (TPSA) is 46.5 Å². The van der Waals surface area contributed by atoms with Crippen molar-refractivity contribution in [3.8, 4) is 0 Å². The fraction of sp³-hybridized carbons (Fsp3) is 0.929. The number of hydrogen-bond donors (Lipinski definition) is 1. The van der Waals surface area contributed by atoms with E-state index in [1.54, 1.807) is 0 Å². The van der Waals surface area contributed by atoms with Gasteiger partial charge in [0.15, 0.2) is 0 Å². The minimum absolute atomic E-state index is 0.133. The smallest absolute Gasteiger partial charge is 0.329 e. The van der Waals surface area contributed by atoms with E-state index in [0.717, 1.165) is 24.2 Å². The van der Waals surface area contributed by atoms with Gasteiger partial charge in [0.1, 0.15) is 6.61 Å². The summed E-state index contributed by atoms with van der Waals surface area (Å²) in [4.78, 5) is 10.4. The molecule has 1 N–H and O–H groups in total. The standard InChI is InChI=1S/C14H22O3/c15-13(16)9-17-2-1-14-6-10-3-11(7-14)5-12(4-10)8-14/h10-12H,1-9H2,(H,15,16). The lowest BCUT2D eigenvalue weighted by molar-refractivity contribution is -0.143. The molecule has 4 aliphatic carbocycles. The maximum Gasteiger partial charge on any atom is 0.329 e. The highest BCUT2D eigenvalue weighted by molar-refractivity contribution is 5.67. The first-order valence-electron chi connectivity index (χ1n) is 6.95. The minimum atomic E-state index is -0.851. The van der Waals surface area contributed by atoms with Gasteiger partial charge in [-0.15, -0.1) is 0 Å². The summed E-state index contributed by atoms with van der Waals surface area (Å²) >= 11 is 0. The van der Waals surface area contributed by atoms with Crippen LogP contribution in [0.1, 0.15) is 44.9 Å². The quantitative estimate of drug-likeness (QED) is 0.749. The Balaban J connectivity index is 1.53. The van der Waals surface area contributed by atoms with Crippen LogP contribution in [-0.4, -0.2) is 24.3 Å². The maximum atomic E-state index is 10.4. The lowest BCUT2D eigenvalue weighted by Gasteiger charge is -2.57. The van der Waals surface area contributed by atoms with Crippen molar-refractivity contribution < 1.29 is 14.6 Å². The molecule has 0 aromatic rings. The molecule has 4 saturated carbocycles. The number of rotatable bonds is 5. The second-order valence-electron chi connectivity index (χ2n) is 6.61. The lowest BCUT2D eigenvalue weighted by atomic mass is 9.49. The Morgan fingerprint density at radius 1 is 1.12 bits per heavy atom. The van der Waals surface area contributed by atoms with Gasteiger partial charge in [-0.3, -0.25) is 0 Å². The summed E-state index contributed by atoms with van der Waals surface area (Å²) in [5, 5.41) is 8.55. The number of ether oxygens (including phenoxy) is 1. The average molecular weight is 238 g/mol. The van der Waals surface area contributed by atoms with Crippen molar-refractivity contribution in [1.82, 2.24) is 0 Å². The SMILES string of the molecule is O=C(O)COCCC12CC3CC(CC(C3)C1)C2. The monoisotopic (exact) mass is 238 g/mol. The molecular formula is C14H22O3. The Kier molecular flexibility index (Phi) is 2.89.